The first-order valence-corrected chi connectivity index (χ1v) is 29.8. The Morgan fingerprint density at radius 1 is 0.864 bits per heavy atom. The highest BCUT2D eigenvalue weighted by Gasteiger charge is 2.42. The summed E-state index contributed by atoms with van der Waals surface area (Å²) in [6.45, 7) is 5.72. The maximum atomic E-state index is 15.4. The average molecular weight is 1160 g/mol. The van der Waals surface area contributed by atoms with E-state index in [0.717, 1.165) is 36.1 Å². The third-order valence-corrected chi connectivity index (χ3v) is 16.7. The van der Waals surface area contributed by atoms with Crippen molar-refractivity contribution in [2.45, 2.75) is 88.5 Å². The third kappa shape index (κ3) is 18.2. The SMILES string of the molecule is Cc1cccn1-c1ccc(CC(=O)N(Cc2ccc(C(=O)N(C)Cc3cn(Cc4ccc(NC(=O)CCOCCOCCOCCOCCNC(=O)CCCC[C@@H]5SC[C@@H]6NC(=O)N[C@@H]65)cn4)nn3)cc2)C2C=CS(=O)(=O)C2)c(F)c1. The number of carbonyl (C=O) groups excluding carboxylic acids is 5. The van der Waals surface area contributed by atoms with Crippen molar-refractivity contribution in [3.8, 4) is 5.69 Å². The lowest BCUT2D eigenvalue weighted by molar-refractivity contribution is -0.132. The van der Waals surface area contributed by atoms with E-state index in [9.17, 15) is 32.4 Å². The Bertz CT molecular complexity index is 3070. The molecule has 3 aliphatic rings. The number of aromatic nitrogens is 5. The smallest absolute Gasteiger partial charge is 0.315 e. The fourth-order valence-corrected chi connectivity index (χ4v) is 12.3. The van der Waals surface area contributed by atoms with Crippen LogP contribution in [-0.2, 0) is 69.2 Å². The van der Waals surface area contributed by atoms with Gasteiger partial charge in [-0.25, -0.2) is 22.3 Å². The average Bonchev–Trinajstić information content (AvgIpc) is 4.33. The van der Waals surface area contributed by atoms with E-state index < -0.39 is 27.6 Å². The van der Waals surface area contributed by atoms with E-state index in [1.807, 2.05) is 41.6 Å². The first kappa shape index (κ1) is 60.1. The second kappa shape index (κ2) is 29.6. The number of benzene rings is 2. The minimum Gasteiger partial charge on any atom is -0.379 e. The Morgan fingerprint density at radius 3 is 2.31 bits per heavy atom. The Balaban J connectivity index is 0.649. The Labute approximate surface area is 474 Å². The van der Waals surface area contributed by atoms with E-state index in [2.05, 4.69) is 36.6 Å². The van der Waals surface area contributed by atoms with Crippen molar-refractivity contribution in [3.63, 3.8) is 0 Å². The van der Waals surface area contributed by atoms with Crippen molar-refractivity contribution in [2.24, 2.45) is 0 Å². The molecule has 4 atom stereocenters. The predicted octanol–water partition coefficient (Wildman–Crippen LogP) is 4.35. The van der Waals surface area contributed by atoms with E-state index in [-0.39, 0.29) is 79.7 Å². The number of halogens is 1. The second-order valence-electron chi connectivity index (χ2n) is 20.0. The number of rotatable bonds is 32. The van der Waals surface area contributed by atoms with E-state index in [0.29, 0.717) is 105 Å². The summed E-state index contributed by atoms with van der Waals surface area (Å²) < 4.78 is 65.7. The van der Waals surface area contributed by atoms with Crippen LogP contribution in [0.3, 0.4) is 0 Å². The number of aryl methyl sites for hydroxylation is 1. The van der Waals surface area contributed by atoms with E-state index in [4.69, 9.17) is 18.9 Å². The Morgan fingerprint density at radius 2 is 1.62 bits per heavy atom. The first-order valence-electron chi connectivity index (χ1n) is 27.0. The molecule has 434 valence electrons. The molecule has 0 radical (unpaired) electrons. The number of unbranched alkanes of at least 4 members (excludes halogenated alkanes) is 1. The summed E-state index contributed by atoms with van der Waals surface area (Å²) in [5, 5.41) is 21.6. The monoisotopic (exact) mass is 1160 g/mol. The van der Waals surface area contributed by atoms with Crippen LogP contribution in [-0.4, -0.2) is 174 Å². The molecule has 5 aromatic rings. The van der Waals surface area contributed by atoms with Crippen LogP contribution < -0.4 is 21.3 Å². The van der Waals surface area contributed by atoms with Gasteiger partial charge in [-0.3, -0.25) is 24.2 Å². The minimum atomic E-state index is -3.51. The van der Waals surface area contributed by atoms with Gasteiger partial charge in [0, 0.05) is 66.1 Å². The number of thioether (sulfide) groups is 1. The molecular weight excluding hydrogens is 1090 g/mol. The predicted molar refractivity (Wildman–Crippen MR) is 301 cm³/mol. The topological polar surface area (TPSA) is 260 Å². The van der Waals surface area contributed by atoms with Gasteiger partial charge in [0.25, 0.3) is 5.91 Å². The summed E-state index contributed by atoms with van der Waals surface area (Å²) >= 11 is 1.88. The number of pyridine rings is 1. The van der Waals surface area contributed by atoms with Crippen molar-refractivity contribution in [1.29, 1.82) is 0 Å². The minimum absolute atomic E-state index is 0.0106. The van der Waals surface area contributed by atoms with Crippen LogP contribution in [0.5, 0.6) is 0 Å². The molecule has 4 N–H and O–H groups in total. The number of nitrogens with one attached hydrogen (secondary N) is 4. The highest BCUT2D eigenvalue weighted by atomic mass is 32.2. The standard InChI is InChI=1S/C56H70FN11O11S2/c1-39-6-5-20-67(39)46-16-13-42(48(57)31-46)30-53(71)68(47-18-29-81(74,75)38-47)33-40-9-11-41(12-10-40)55(72)65(2)34-45-36-66(64-63-45)35-44-15-14-43(32-59-44)60-52(70)17-21-76-23-25-78-27-28-79-26-24-77-22-19-58-51(69)8-4-3-7-50-54-49(37-80-50)61-56(73)62-54/h5-6,9-16,18,20,29,31-32,36,47,49-50,54H,3-4,7-8,17,19,21-28,30,33-35,37-38H2,1-2H3,(H,58,69)(H,60,70)(H2,61,62,73)/t47?,49-,50-,54-/m0/s1. The quantitative estimate of drug-likeness (QED) is 0.0345. The normalized spacial score (nSPS) is 17.8. The number of fused-ring (bicyclic) bond motifs is 1. The first-order chi connectivity index (χ1) is 39.2. The van der Waals surface area contributed by atoms with Crippen LogP contribution >= 0.6 is 11.8 Å². The maximum absolute atomic E-state index is 15.4. The van der Waals surface area contributed by atoms with Crippen LogP contribution in [0.15, 0.2) is 96.8 Å². The van der Waals surface area contributed by atoms with E-state index >= 15 is 4.39 Å². The molecule has 3 aliphatic heterocycles. The molecule has 2 saturated heterocycles. The number of hydrogen-bond acceptors (Lipinski definition) is 15. The Kier molecular flexibility index (Phi) is 22.0. The molecule has 6 heterocycles. The molecule has 1 unspecified atom stereocenters. The van der Waals surface area contributed by atoms with Gasteiger partial charge in [0.2, 0.25) is 17.7 Å². The van der Waals surface area contributed by atoms with Gasteiger partial charge in [-0.05, 0) is 85.5 Å². The van der Waals surface area contributed by atoms with Crippen LogP contribution in [0.1, 0.15) is 70.7 Å². The fraction of sp³-hybridized carbons (Fsp3) is 0.464. The van der Waals surface area contributed by atoms with E-state index in [1.165, 1.54) is 21.9 Å². The summed E-state index contributed by atoms with van der Waals surface area (Å²) in [4.78, 5) is 70.8. The lowest BCUT2D eigenvalue weighted by atomic mass is 10.0. The summed E-state index contributed by atoms with van der Waals surface area (Å²) in [6, 6.07) is 18.2. The lowest BCUT2D eigenvalue weighted by Crippen LogP contribution is -2.41. The number of sulfone groups is 1. The van der Waals surface area contributed by atoms with Crippen molar-refractivity contribution in [1.82, 2.24) is 50.3 Å². The van der Waals surface area contributed by atoms with Crippen LogP contribution in [0.4, 0.5) is 14.9 Å². The van der Waals surface area contributed by atoms with Crippen LogP contribution in [0.25, 0.3) is 5.69 Å². The highest BCUT2D eigenvalue weighted by Crippen LogP contribution is 2.33. The van der Waals surface area contributed by atoms with Gasteiger partial charge < -0.3 is 54.6 Å². The zero-order valence-electron chi connectivity index (χ0n) is 45.5. The molecule has 3 aromatic heterocycles. The fourth-order valence-electron chi connectivity index (χ4n) is 9.50. The van der Waals surface area contributed by atoms with Gasteiger partial charge in [-0.2, -0.15) is 11.8 Å². The molecule has 6 amide bonds. The maximum Gasteiger partial charge on any atom is 0.315 e. The molecule has 81 heavy (non-hydrogen) atoms. The molecule has 0 saturated carbocycles. The molecule has 8 rings (SSSR count). The number of carbonyl (C=O) groups is 5. The highest BCUT2D eigenvalue weighted by molar-refractivity contribution is 8.00. The molecule has 22 nitrogen and oxygen atoms in total. The number of amides is 6. The largest absolute Gasteiger partial charge is 0.379 e. The molecule has 2 fully saturated rings. The van der Waals surface area contributed by atoms with Gasteiger partial charge in [0.15, 0.2) is 9.84 Å². The van der Waals surface area contributed by atoms with Crippen LogP contribution in [0.2, 0.25) is 0 Å². The van der Waals surface area contributed by atoms with E-state index in [1.54, 1.807) is 72.7 Å². The third-order valence-electron chi connectivity index (χ3n) is 13.8. The molecule has 2 aromatic carbocycles. The zero-order chi connectivity index (χ0) is 57.1. The van der Waals surface area contributed by atoms with Crippen molar-refractivity contribution >= 4 is 56.9 Å². The molecule has 0 aliphatic carbocycles. The molecular formula is C56H70FN11O11S2. The van der Waals surface area contributed by atoms with Crippen molar-refractivity contribution in [2.75, 3.05) is 83.3 Å². The van der Waals surface area contributed by atoms with Gasteiger partial charge in [-0.1, -0.05) is 29.8 Å². The summed E-state index contributed by atoms with van der Waals surface area (Å²) in [5.41, 5.74) is 4.51. The molecule has 0 spiro atoms. The zero-order valence-corrected chi connectivity index (χ0v) is 47.1. The molecule has 0 bridgehead atoms. The van der Waals surface area contributed by atoms with Gasteiger partial charge in [0.05, 0.1) is 126 Å². The van der Waals surface area contributed by atoms with Crippen molar-refractivity contribution < 1.29 is 55.7 Å². The lowest BCUT2D eigenvalue weighted by Gasteiger charge is -2.28. The number of hydrogen-bond donors (Lipinski definition) is 4. The van der Waals surface area contributed by atoms with Crippen molar-refractivity contribution in [3.05, 3.63) is 136 Å². The number of urea groups is 1. The number of anilines is 1. The Hall–Kier alpha value is -7.03. The number of ether oxygens (including phenoxy) is 4. The van der Waals surface area contributed by atoms with Crippen LogP contribution in [0, 0.1) is 12.7 Å². The summed E-state index contributed by atoms with van der Waals surface area (Å²) in [7, 11) is -1.87. The summed E-state index contributed by atoms with van der Waals surface area (Å²) in [6.07, 6.45) is 9.65. The summed E-state index contributed by atoms with van der Waals surface area (Å²) in [5.74, 6) is -0.835. The number of nitrogens with zero attached hydrogens (tertiary/aromatic N) is 7. The molecule has 25 heteroatoms. The van der Waals surface area contributed by atoms with Gasteiger partial charge >= 0.3 is 6.03 Å². The van der Waals surface area contributed by atoms with Gasteiger partial charge in [0.1, 0.15) is 11.5 Å². The second-order valence-corrected chi connectivity index (χ2v) is 23.2. The van der Waals surface area contributed by atoms with Gasteiger partial charge in [-0.15, -0.1) is 5.10 Å².